The number of thiophene rings is 1. The predicted octanol–water partition coefficient (Wildman–Crippen LogP) is 6.25. The Hall–Kier alpha value is -4.91. The van der Waals surface area contributed by atoms with Crippen molar-refractivity contribution in [2.45, 2.75) is 58.6 Å². The first-order valence-corrected chi connectivity index (χ1v) is 17.8. The third-order valence-corrected chi connectivity index (χ3v) is 10.6. The molecule has 2 aliphatic heterocycles. The molecule has 50 heavy (non-hydrogen) atoms. The third kappa shape index (κ3) is 6.66. The van der Waals surface area contributed by atoms with Gasteiger partial charge in [-0.05, 0) is 93.1 Å². The van der Waals surface area contributed by atoms with E-state index in [1.807, 2.05) is 67.1 Å². The van der Waals surface area contributed by atoms with Crippen molar-refractivity contribution in [2.24, 2.45) is 4.99 Å². The van der Waals surface area contributed by atoms with E-state index in [4.69, 9.17) is 16.6 Å². The maximum absolute atomic E-state index is 13.3. The van der Waals surface area contributed by atoms with Crippen molar-refractivity contribution in [2.75, 3.05) is 23.7 Å². The van der Waals surface area contributed by atoms with E-state index in [1.54, 1.807) is 23.5 Å². The SMILES string of the molecule is Cc1sc2c(c1C)C(c1ccc(Cl)cc1)=N[C@](O)(CC(=O)NCCCCCNc1ccc(-c3ccc4c(c3)CC(=O)N4)cn1)c1nnc(C)n1-2. The van der Waals surface area contributed by atoms with Gasteiger partial charge >= 0.3 is 0 Å². The number of carbonyl (C=O) groups excluding carboxylic acids is 2. The van der Waals surface area contributed by atoms with Crippen LogP contribution in [0.4, 0.5) is 11.5 Å². The summed E-state index contributed by atoms with van der Waals surface area (Å²) in [4.78, 5) is 35.5. The van der Waals surface area contributed by atoms with E-state index in [0.717, 1.165) is 80.6 Å². The van der Waals surface area contributed by atoms with Crippen molar-refractivity contribution in [3.8, 4) is 16.1 Å². The lowest BCUT2D eigenvalue weighted by atomic mass is 9.99. The largest absolute Gasteiger partial charge is 0.370 e. The van der Waals surface area contributed by atoms with Gasteiger partial charge < -0.3 is 21.1 Å². The molecule has 13 heteroatoms. The number of carbonyl (C=O) groups is 2. The first kappa shape index (κ1) is 33.6. The quantitative estimate of drug-likeness (QED) is 0.119. The number of aliphatic hydroxyl groups is 1. The van der Waals surface area contributed by atoms with Gasteiger partial charge in [0.05, 0.1) is 18.6 Å². The van der Waals surface area contributed by atoms with E-state index in [0.29, 0.717) is 29.5 Å². The van der Waals surface area contributed by atoms with Gasteiger partial charge in [-0.2, -0.15) is 0 Å². The Morgan fingerprint density at radius 3 is 2.54 bits per heavy atom. The van der Waals surface area contributed by atoms with Crippen LogP contribution in [0.25, 0.3) is 16.1 Å². The van der Waals surface area contributed by atoms with E-state index in [9.17, 15) is 14.7 Å². The molecule has 0 bridgehead atoms. The molecular formula is C37H37ClN8O3S. The van der Waals surface area contributed by atoms with Gasteiger partial charge in [0.1, 0.15) is 16.6 Å². The molecule has 0 aliphatic carbocycles. The fourth-order valence-electron chi connectivity index (χ4n) is 6.37. The second kappa shape index (κ2) is 13.8. The molecule has 7 rings (SSSR count). The summed E-state index contributed by atoms with van der Waals surface area (Å²) in [6.07, 6.45) is 4.50. The minimum atomic E-state index is -1.94. The van der Waals surface area contributed by atoms with Crippen molar-refractivity contribution in [1.29, 1.82) is 0 Å². The third-order valence-electron chi connectivity index (χ3n) is 9.12. The van der Waals surface area contributed by atoms with Crippen LogP contribution in [-0.4, -0.2) is 55.5 Å². The number of anilines is 2. The second-order valence-corrected chi connectivity index (χ2v) is 14.3. The van der Waals surface area contributed by atoms with Gasteiger partial charge in [-0.3, -0.25) is 14.2 Å². The Bertz CT molecular complexity index is 2120. The lowest BCUT2D eigenvalue weighted by Gasteiger charge is -2.22. The van der Waals surface area contributed by atoms with E-state index in [1.165, 1.54) is 0 Å². The molecular weight excluding hydrogens is 672 g/mol. The lowest BCUT2D eigenvalue weighted by Crippen LogP contribution is -2.36. The smallest absolute Gasteiger partial charge is 0.228 e. The number of hydrogen-bond donors (Lipinski definition) is 4. The maximum Gasteiger partial charge on any atom is 0.228 e. The molecule has 5 heterocycles. The molecule has 2 aromatic carbocycles. The summed E-state index contributed by atoms with van der Waals surface area (Å²) in [6, 6.07) is 17.3. The van der Waals surface area contributed by atoms with Crippen LogP contribution in [-0.2, 0) is 21.7 Å². The summed E-state index contributed by atoms with van der Waals surface area (Å²) < 4.78 is 1.82. The standard InChI is InChI=1S/C37H37ClN8O3S/c1-21-22(2)50-35-33(21)34(24-7-11-28(38)12-8-24)43-37(49,36-45-44-23(3)46(35)36)19-32(48)40-16-6-4-5-15-39-30-14-10-26(20-41-30)25-9-13-29-27(17-25)18-31(47)42-29/h7-14,17,20,49H,4-6,15-16,18-19H2,1-3H3,(H,39,41)(H,40,48)(H,42,47)/t37-/m0/s1. The highest BCUT2D eigenvalue weighted by Gasteiger charge is 2.42. The molecule has 3 aromatic heterocycles. The molecule has 0 saturated heterocycles. The summed E-state index contributed by atoms with van der Waals surface area (Å²) in [7, 11) is 0. The zero-order chi connectivity index (χ0) is 35.0. The topological polar surface area (TPSA) is 146 Å². The first-order valence-electron chi connectivity index (χ1n) is 16.6. The molecule has 2 amide bonds. The van der Waals surface area contributed by atoms with Gasteiger partial charge in [0.15, 0.2) is 5.82 Å². The lowest BCUT2D eigenvalue weighted by molar-refractivity contribution is -0.126. The van der Waals surface area contributed by atoms with Crippen LogP contribution in [0, 0.1) is 20.8 Å². The maximum atomic E-state index is 13.3. The molecule has 5 aromatic rings. The Kier molecular flexibility index (Phi) is 9.25. The van der Waals surface area contributed by atoms with Crippen LogP contribution in [0.3, 0.4) is 0 Å². The van der Waals surface area contributed by atoms with Crippen molar-refractivity contribution in [3.05, 3.63) is 105 Å². The monoisotopic (exact) mass is 708 g/mol. The number of aliphatic imine (C=N–C) groups is 1. The number of nitrogens with one attached hydrogen (secondary N) is 3. The van der Waals surface area contributed by atoms with Gasteiger partial charge in [-0.25, -0.2) is 9.98 Å². The van der Waals surface area contributed by atoms with E-state index in [-0.39, 0.29) is 24.1 Å². The van der Waals surface area contributed by atoms with E-state index in [2.05, 4.69) is 38.1 Å². The van der Waals surface area contributed by atoms with Crippen LogP contribution in [0.1, 0.15) is 64.5 Å². The Morgan fingerprint density at radius 1 is 1.00 bits per heavy atom. The number of amides is 2. The molecule has 0 unspecified atom stereocenters. The number of pyridine rings is 1. The number of nitrogens with zero attached hydrogens (tertiary/aromatic N) is 5. The minimum absolute atomic E-state index is 0.0220. The number of hydrogen-bond acceptors (Lipinski definition) is 9. The number of aromatic nitrogens is 4. The highest BCUT2D eigenvalue weighted by Crippen LogP contribution is 2.41. The van der Waals surface area contributed by atoms with Crippen molar-refractivity contribution < 1.29 is 14.7 Å². The summed E-state index contributed by atoms with van der Waals surface area (Å²) in [5.74, 6) is 1.30. The number of benzene rings is 2. The molecule has 2 aliphatic rings. The van der Waals surface area contributed by atoms with Crippen LogP contribution in [0.15, 0.2) is 65.8 Å². The summed E-state index contributed by atoms with van der Waals surface area (Å²) >= 11 is 7.78. The summed E-state index contributed by atoms with van der Waals surface area (Å²) in [5, 5.41) is 31.3. The number of aryl methyl sites for hydroxylation is 2. The summed E-state index contributed by atoms with van der Waals surface area (Å²) in [6.45, 7) is 7.13. The number of fused-ring (bicyclic) bond motifs is 4. The zero-order valence-corrected chi connectivity index (χ0v) is 29.6. The minimum Gasteiger partial charge on any atom is -0.370 e. The van der Waals surface area contributed by atoms with Gasteiger partial charge in [-0.15, -0.1) is 21.5 Å². The Balaban J connectivity index is 0.941. The van der Waals surface area contributed by atoms with Gasteiger partial charge in [-0.1, -0.05) is 29.8 Å². The predicted molar refractivity (Wildman–Crippen MR) is 196 cm³/mol. The molecule has 11 nitrogen and oxygen atoms in total. The second-order valence-electron chi connectivity index (χ2n) is 12.7. The van der Waals surface area contributed by atoms with E-state index < -0.39 is 5.72 Å². The average molecular weight is 709 g/mol. The molecule has 4 N–H and O–H groups in total. The van der Waals surface area contributed by atoms with E-state index >= 15 is 0 Å². The molecule has 0 fully saturated rings. The average Bonchev–Trinajstić information content (AvgIpc) is 3.74. The molecule has 256 valence electrons. The van der Waals surface area contributed by atoms with Gasteiger partial charge in [0.25, 0.3) is 0 Å². The summed E-state index contributed by atoms with van der Waals surface area (Å²) in [5.41, 5.74) is 5.24. The molecule has 1 atom stereocenters. The fourth-order valence-corrected chi connectivity index (χ4v) is 7.70. The molecule has 0 spiro atoms. The fraction of sp³-hybridized carbons (Fsp3) is 0.297. The Labute approximate surface area is 298 Å². The van der Waals surface area contributed by atoms with Crippen LogP contribution in [0.5, 0.6) is 0 Å². The highest BCUT2D eigenvalue weighted by molar-refractivity contribution is 7.15. The van der Waals surface area contributed by atoms with Crippen LogP contribution >= 0.6 is 22.9 Å². The Morgan fingerprint density at radius 2 is 1.76 bits per heavy atom. The number of unbranched alkanes of at least 4 members (excludes halogenated alkanes) is 2. The highest BCUT2D eigenvalue weighted by atomic mass is 35.5. The van der Waals surface area contributed by atoms with Crippen molar-refractivity contribution >= 4 is 52.0 Å². The molecule has 0 saturated carbocycles. The van der Waals surface area contributed by atoms with Gasteiger partial charge in [0, 0.05) is 51.6 Å². The number of rotatable bonds is 11. The normalized spacial score (nSPS) is 16.2. The molecule has 0 radical (unpaired) electrons. The first-order chi connectivity index (χ1) is 24.1. The zero-order valence-electron chi connectivity index (χ0n) is 28.0. The van der Waals surface area contributed by atoms with Crippen molar-refractivity contribution in [3.63, 3.8) is 0 Å². The van der Waals surface area contributed by atoms with Gasteiger partial charge in [0.2, 0.25) is 17.5 Å². The van der Waals surface area contributed by atoms with Crippen molar-refractivity contribution in [1.82, 2.24) is 25.1 Å². The van der Waals surface area contributed by atoms with Crippen LogP contribution < -0.4 is 16.0 Å². The van der Waals surface area contributed by atoms with Crippen LogP contribution in [0.2, 0.25) is 5.02 Å². The number of halogens is 1.